The van der Waals surface area contributed by atoms with Crippen molar-refractivity contribution in [3.05, 3.63) is 65.7 Å². The van der Waals surface area contributed by atoms with Crippen molar-refractivity contribution in [3.8, 4) is 0 Å². The summed E-state index contributed by atoms with van der Waals surface area (Å²) in [6, 6.07) is 15.7. The summed E-state index contributed by atoms with van der Waals surface area (Å²) in [4.78, 5) is 4.54. The molecule has 7 nitrogen and oxygen atoms in total. The van der Waals surface area contributed by atoms with Crippen LogP contribution in [0.1, 0.15) is 25.0 Å². The number of rotatable bonds is 7. The lowest BCUT2D eigenvalue weighted by Crippen LogP contribution is -2.44. The van der Waals surface area contributed by atoms with Gasteiger partial charge >= 0.3 is 0 Å². The van der Waals surface area contributed by atoms with E-state index < -0.39 is 15.6 Å². The van der Waals surface area contributed by atoms with Gasteiger partial charge in [0.15, 0.2) is 5.96 Å². The van der Waals surface area contributed by atoms with Gasteiger partial charge in [-0.1, -0.05) is 42.5 Å². The Labute approximate surface area is 183 Å². The van der Waals surface area contributed by atoms with Crippen LogP contribution in [0.15, 0.2) is 64.5 Å². The van der Waals surface area contributed by atoms with Gasteiger partial charge < -0.3 is 15.7 Å². The molecule has 0 aliphatic heterocycles. The number of hydrogen-bond donors (Lipinski definition) is 4. The SMILES string of the molecule is CCNC(=NCc1ccc(S(N)(=O)=O)cc1)NCC(C)(O)c1ccccc1.I. The van der Waals surface area contributed by atoms with Crippen molar-refractivity contribution in [3.63, 3.8) is 0 Å². The largest absolute Gasteiger partial charge is 0.384 e. The maximum Gasteiger partial charge on any atom is 0.238 e. The lowest BCUT2D eigenvalue weighted by atomic mass is 9.96. The van der Waals surface area contributed by atoms with Gasteiger partial charge in [-0.05, 0) is 37.1 Å². The molecule has 0 amide bonds. The highest BCUT2D eigenvalue weighted by molar-refractivity contribution is 14.0. The Kier molecular flexibility index (Phi) is 9.34. The fourth-order valence-corrected chi connectivity index (χ4v) is 2.97. The van der Waals surface area contributed by atoms with Crippen LogP contribution in [0.4, 0.5) is 0 Å². The number of halogens is 1. The number of aliphatic hydroxyl groups is 1. The molecule has 0 fully saturated rings. The van der Waals surface area contributed by atoms with E-state index in [4.69, 9.17) is 5.14 Å². The molecule has 154 valence electrons. The molecule has 0 radical (unpaired) electrons. The van der Waals surface area contributed by atoms with Gasteiger partial charge in [0.05, 0.1) is 18.0 Å². The van der Waals surface area contributed by atoms with Crippen LogP contribution in [0.2, 0.25) is 0 Å². The normalized spacial score (nSPS) is 13.9. The highest BCUT2D eigenvalue weighted by atomic mass is 127. The van der Waals surface area contributed by atoms with Crippen molar-refractivity contribution in [2.75, 3.05) is 13.1 Å². The summed E-state index contributed by atoms with van der Waals surface area (Å²) in [6.45, 7) is 5.00. The van der Waals surface area contributed by atoms with Crippen LogP contribution in [-0.4, -0.2) is 32.6 Å². The Hall–Kier alpha value is -1.69. The van der Waals surface area contributed by atoms with Gasteiger partial charge in [-0.25, -0.2) is 18.5 Å². The van der Waals surface area contributed by atoms with Gasteiger partial charge in [0.25, 0.3) is 0 Å². The van der Waals surface area contributed by atoms with Crippen LogP contribution in [-0.2, 0) is 22.2 Å². The minimum atomic E-state index is -3.70. The summed E-state index contributed by atoms with van der Waals surface area (Å²) in [6.07, 6.45) is 0. The van der Waals surface area contributed by atoms with Crippen molar-refractivity contribution < 1.29 is 13.5 Å². The van der Waals surface area contributed by atoms with Crippen molar-refractivity contribution in [1.82, 2.24) is 10.6 Å². The second-order valence-corrected chi connectivity index (χ2v) is 7.94. The van der Waals surface area contributed by atoms with Crippen LogP contribution >= 0.6 is 24.0 Å². The minimum absolute atomic E-state index is 0. The van der Waals surface area contributed by atoms with E-state index in [-0.39, 0.29) is 35.4 Å². The first kappa shape index (κ1) is 24.3. The molecular formula is C19H27IN4O3S. The molecule has 1 unspecified atom stereocenters. The van der Waals surface area contributed by atoms with Gasteiger partial charge in [0, 0.05) is 6.54 Å². The zero-order valence-electron chi connectivity index (χ0n) is 15.9. The number of nitrogens with two attached hydrogens (primary N) is 1. The van der Waals surface area contributed by atoms with Gasteiger partial charge in [-0.2, -0.15) is 0 Å². The molecule has 2 aromatic carbocycles. The number of primary sulfonamides is 1. The molecule has 5 N–H and O–H groups in total. The average Bonchev–Trinajstić information content (AvgIpc) is 2.64. The third-order valence-electron chi connectivity index (χ3n) is 4.01. The number of aliphatic imine (C=N–C) groups is 1. The molecule has 28 heavy (non-hydrogen) atoms. The molecule has 9 heteroatoms. The Balaban J connectivity index is 0.00000392. The van der Waals surface area contributed by atoms with Crippen molar-refractivity contribution >= 4 is 40.0 Å². The number of nitrogens with zero attached hydrogens (tertiary/aromatic N) is 1. The molecule has 2 aromatic rings. The number of nitrogens with one attached hydrogen (secondary N) is 2. The van der Waals surface area contributed by atoms with E-state index in [1.807, 2.05) is 37.3 Å². The maximum atomic E-state index is 11.3. The van der Waals surface area contributed by atoms with Crippen LogP contribution in [0.3, 0.4) is 0 Å². The highest BCUT2D eigenvalue weighted by Gasteiger charge is 2.22. The Morgan fingerprint density at radius 1 is 1.11 bits per heavy atom. The number of guanidine groups is 1. The standard InChI is InChI=1S/C19H26N4O3S.HI/c1-3-21-18(23-14-19(2,24)16-7-5-4-6-8-16)22-13-15-9-11-17(12-10-15)27(20,25)26;/h4-12,24H,3,13-14H2,1-2H3,(H2,20,25,26)(H2,21,22,23);1H. The third-order valence-corrected chi connectivity index (χ3v) is 4.94. The molecule has 0 aliphatic carbocycles. The molecule has 0 aromatic heterocycles. The fourth-order valence-electron chi connectivity index (χ4n) is 2.45. The first-order valence-corrected chi connectivity index (χ1v) is 10.2. The zero-order chi connectivity index (χ0) is 19.9. The molecule has 2 rings (SSSR count). The Morgan fingerprint density at radius 2 is 1.71 bits per heavy atom. The predicted molar refractivity (Wildman–Crippen MR) is 122 cm³/mol. The van der Waals surface area contributed by atoms with Crippen LogP contribution in [0.5, 0.6) is 0 Å². The first-order valence-electron chi connectivity index (χ1n) is 8.64. The van der Waals surface area contributed by atoms with Gasteiger partial charge in [0.2, 0.25) is 10.0 Å². The monoisotopic (exact) mass is 518 g/mol. The molecule has 0 bridgehead atoms. The summed E-state index contributed by atoms with van der Waals surface area (Å²) in [5.41, 5.74) is 0.607. The van der Waals surface area contributed by atoms with E-state index in [0.717, 1.165) is 11.1 Å². The van der Waals surface area contributed by atoms with E-state index in [9.17, 15) is 13.5 Å². The van der Waals surface area contributed by atoms with Crippen molar-refractivity contribution in [1.29, 1.82) is 0 Å². The summed E-state index contributed by atoms with van der Waals surface area (Å²) < 4.78 is 22.6. The van der Waals surface area contributed by atoms with Crippen LogP contribution in [0.25, 0.3) is 0 Å². The van der Waals surface area contributed by atoms with E-state index in [0.29, 0.717) is 19.0 Å². The van der Waals surface area contributed by atoms with Crippen molar-refractivity contribution in [2.24, 2.45) is 10.1 Å². The predicted octanol–water partition coefficient (Wildman–Crippen LogP) is 1.91. The Morgan fingerprint density at radius 3 is 2.25 bits per heavy atom. The van der Waals surface area contributed by atoms with Gasteiger partial charge in [-0.15, -0.1) is 24.0 Å². The lowest BCUT2D eigenvalue weighted by molar-refractivity contribution is 0.0617. The summed E-state index contributed by atoms with van der Waals surface area (Å²) in [7, 11) is -3.70. The maximum absolute atomic E-state index is 11.3. The number of sulfonamides is 1. The van der Waals surface area contributed by atoms with Gasteiger partial charge in [-0.3, -0.25) is 0 Å². The zero-order valence-corrected chi connectivity index (χ0v) is 19.1. The molecule has 0 spiro atoms. The van der Waals surface area contributed by atoms with E-state index in [1.54, 1.807) is 19.1 Å². The fraction of sp³-hybridized carbons (Fsp3) is 0.316. The van der Waals surface area contributed by atoms with E-state index in [2.05, 4.69) is 15.6 Å². The summed E-state index contributed by atoms with van der Waals surface area (Å²) in [5.74, 6) is 0.559. The number of hydrogen-bond acceptors (Lipinski definition) is 4. The topological polar surface area (TPSA) is 117 Å². The second kappa shape index (κ2) is 10.7. The smallest absolute Gasteiger partial charge is 0.238 e. The number of benzene rings is 2. The minimum Gasteiger partial charge on any atom is -0.384 e. The van der Waals surface area contributed by atoms with E-state index >= 15 is 0 Å². The molecular weight excluding hydrogens is 491 g/mol. The molecule has 0 heterocycles. The molecule has 1 atom stereocenters. The van der Waals surface area contributed by atoms with Crippen LogP contribution < -0.4 is 15.8 Å². The van der Waals surface area contributed by atoms with Gasteiger partial charge in [0.1, 0.15) is 5.60 Å². The third kappa shape index (κ3) is 7.38. The second-order valence-electron chi connectivity index (χ2n) is 6.38. The first-order chi connectivity index (χ1) is 12.7. The summed E-state index contributed by atoms with van der Waals surface area (Å²) >= 11 is 0. The highest BCUT2D eigenvalue weighted by Crippen LogP contribution is 2.18. The molecule has 0 saturated heterocycles. The molecule has 0 aliphatic rings. The van der Waals surface area contributed by atoms with Crippen LogP contribution in [0, 0.1) is 0 Å². The lowest BCUT2D eigenvalue weighted by Gasteiger charge is -2.25. The average molecular weight is 518 g/mol. The quantitative estimate of drug-likeness (QED) is 0.254. The Bertz CT molecular complexity index is 870. The molecule has 0 saturated carbocycles. The summed E-state index contributed by atoms with van der Waals surface area (Å²) in [5, 5.41) is 22.0. The van der Waals surface area contributed by atoms with Crippen molar-refractivity contribution in [2.45, 2.75) is 30.9 Å². The van der Waals surface area contributed by atoms with E-state index in [1.165, 1.54) is 12.1 Å².